The third-order valence-corrected chi connectivity index (χ3v) is 3.45. The second-order valence-electron chi connectivity index (χ2n) is 4.47. The molecular weight excluding hydrogens is 346 g/mol. The molecule has 1 fully saturated rings. The van der Waals surface area contributed by atoms with Crippen LogP contribution in [-0.4, -0.2) is 18.4 Å². The first-order chi connectivity index (χ1) is 9.24. The van der Waals surface area contributed by atoms with E-state index in [1.54, 1.807) is 6.07 Å². The number of hydrogen-bond acceptors (Lipinski definition) is 2. The maximum absolute atomic E-state index is 13.5. The first-order valence-electron chi connectivity index (χ1n) is 5.75. The highest BCUT2D eigenvalue weighted by Gasteiger charge is 2.42. The summed E-state index contributed by atoms with van der Waals surface area (Å²) in [5.74, 6) is -1.71. The Morgan fingerprint density at radius 1 is 1.35 bits per heavy atom. The van der Waals surface area contributed by atoms with Gasteiger partial charge in [-0.3, -0.25) is 9.53 Å². The Morgan fingerprint density at radius 2 is 2.00 bits per heavy atom. The largest absolute Gasteiger partial charge is 0.522 e. The van der Waals surface area contributed by atoms with Crippen molar-refractivity contribution in [1.82, 2.24) is 0 Å². The molecule has 1 aliphatic rings. The number of nitrogens with one attached hydrogen (secondary N) is 1. The summed E-state index contributed by atoms with van der Waals surface area (Å²) >= 11 is 3.08. The Kier molecular flexibility index (Phi) is 4.33. The van der Waals surface area contributed by atoms with Gasteiger partial charge >= 0.3 is 6.36 Å². The van der Waals surface area contributed by atoms with Crippen LogP contribution in [-0.2, 0) is 9.53 Å². The molecule has 0 aromatic heterocycles. The maximum Gasteiger partial charge on any atom is 0.522 e. The quantitative estimate of drug-likeness (QED) is 0.836. The SMILES string of the molecule is O=C(Nc1ccc(Br)cc1F)C1CC(OC(F)(F)F)C1. The van der Waals surface area contributed by atoms with E-state index < -0.39 is 30.1 Å². The van der Waals surface area contributed by atoms with Crippen molar-refractivity contribution >= 4 is 27.5 Å². The van der Waals surface area contributed by atoms with E-state index in [2.05, 4.69) is 26.0 Å². The lowest BCUT2D eigenvalue weighted by molar-refractivity contribution is -0.353. The molecule has 1 N–H and O–H groups in total. The minimum Gasteiger partial charge on any atom is -0.323 e. The fourth-order valence-electron chi connectivity index (χ4n) is 1.89. The number of carbonyl (C=O) groups is 1. The van der Waals surface area contributed by atoms with E-state index in [4.69, 9.17) is 0 Å². The van der Waals surface area contributed by atoms with Crippen LogP contribution in [0.5, 0.6) is 0 Å². The topological polar surface area (TPSA) is 38.3 Å². The molecule has 1 aliphatic carbocycles. The molecule has 0 unspecified atom stereocenters. The van der Waals surface area contributed by atoms with Gasteiger partial charge in [0.05, 0.1) is 11.8 Å². The third-order valence-electron chi connectivity index (χ3n) is 2.95. The third kappa shape index (κ3) is 3.92. The minimum absolute atomic E-state index is 0.00149. The van der Waals surface area contributed by atoms with Gasteiger partial charge in [-0.25, -0.2) is 4.39 Å². The Hall–Kier alpha value is -1.15. The average molecular weight is 356 g/mol. The van der Waals surface area contributed by atoms with Gasteiger partial charge in [-0.2, -0.15) is 0 Å². The number of halogens is 5. The van der Waals surface area contributed by atoms with Crippen molar-refractivity contribution in [2.45, 2.75) is 25.3 Å². The summed E-state index contributed by atoms with van der Waals surface area (Å²) in [6, 6.07) is 4.11. The molecule has 3 nitrogen and oxygen atoms in total. The number of alkyl halides is 3. The molecule has 2 rings (SSSR count). The predicted molar refractivity (Wildman–Crippen MR) is 66.4 cm³/mol. The number of ether oxygens (including phenoxy) is 1. The van der Waals surface area contributed by atoms with Gasteiger partial charge in [0.2, 0.25) is 5.91 Å². The molecule has 0 saturated heterocycles. The summed E-state index contributed by atoms with van der Waals surface area (Å²) in [5.41, 5.74) is -0.00149. The van der Waals surface area contributed by atoms with Crippen LogP contribution in [0, 0.1) is 11.7 Å². The first kappa shape index (κ1) is 15.2. The average Bonchev–Trinajstić information content (AvgIpc) is 2.25. The van der Waals surface area contributed by atoms with Gasteiger partial charge in [0.25, 0.3) is 0 Å². The lowest BCUT2D eigenvalue weighted by Gasteiger charge is -2.34. The molecule has 0 heterocycles. The van der Waals surface area contributed by atoms with Crippen LogP contribution < -0.4 is 5.32 Å². The lowest BCUT2D eigenvalue weighted by atomic mass is 9.81. The number of benzene rings is 1. The maximum atomic E-state index is 13.5. The summed E-state index contributed by atoms with van der Waals surface area (Å²) in [4.78, 5) is 11.7. The van der Waals surface area contributed by atoms with Crippen LogP contribution >= 0.6 is 15.9 Å². The van der Waals surface area contributed by atoms with E-state index in [9.17, 15) is 22.4 Å². The summed E-state index contributed by atoms with van der Waals surface area (Å²) in [7, 11) is 0. The molecule has 1 amide bonds. The van der Waals surface area contributed by atoms with E-state index in [0.29, 0.717) is 4.47 Å². The van der Waals surface area contributed by atoms with E-state index >= 15 is 0 Å². The highest BCUT2D eigenvalue weighted by atomic mass is 79.9. The summed E-state index contributed by atoms with van der Waals surface area (Å²) in [5, 5.41) is 2.35. The molecular formula is C12H10BrF4NO2. The fraction of sp³-hybridized carbons (Fsp3) is 0.417. The molecule has 1 aromatic rings. The number of hydrogen-bond donors (Lipinski definition) is 1. The van der Waals surface area contributed by atoms with E-state index in [1.807, 2.05) is 0 Å². The molecule has 0 bridgehead atoms. The highest BCUT2D eigenvalue weighted by Crippen LogP contribution is 2.35. The zero-order valence-electron chi connectivity index (χ0n) is 10.0. The van der Waals surface area contributed by atoms with E-state index in [1.165, 1.54) is 12.1 Å². The van der Waals surface area contributed by atoms with Crippen LogP contribution in [0.3, 0.4) is 0 Å². The fourth-order valence-corrected chi connectivity index (χ4v) is 2.22. The Labute approximate surface area is 120 Å². The van der Waals surface area contributed by atoms with Gasteiger partial charge in [0, 0.05) is 10.4 Å². The molecule has 0 radical (unpaired) electrons. The van der Waals surface area contributed by atoms with Crippen LogP contribution in [0.2, 0.25) is 0 Å². The van der Waals surface area contributed by atoms with Crippen molar-refractivity contribution in [3.63, 3.8) is 0 Å². The van der Waals surface area contributed by atoms with Crippen molar-refractivity contribution in [2.75, 3.05) is 5.32 Å². The van der Waals surface area contributed by atoms with Gasteiger partial charge in [0.15, 0.2) is 0 Å². The lowest BCUT2D eigenvalue weighted by Crippen LogP contribution is -2.41. The Bertz CT molecular complexity index is 515. The normalized spacial score (nSPS) is 22.2. The van der Waals surface area contributed by atoms with Crippen LogP contribution in [0.4, 0.5) is 23.2 Å². The summed E-state index contributed by atoms with van der Waals surface area (Å²) in [6.07, 6.45) is -5.74. The van der Waals surface area contributed by atoms with Crippen molar-refractivity contribution in [2.24, 2.45) is 5.92 Å². The van der Waals surface area contributed by atoms with Crippen molar-refractivity contribution in [3.8, 4) is 0 Å². The number of anilines is 1. The zero-order valence-corrected chi connectivity index (χ0v) is 11.6. The number of carbonyl (C=O) groups excluding carboxylic acids is 1. The molecule has 8 heteroatoms. The van der Waals surface area contributed by atoms with E-state index in [-0.39, 0.29) is 18.5 Å². The Balaban J connectivity index is 1.85. The molecule has 0 aliphatic heterocycles. The van der Waals surface area contributed by atoms with Gasteiger partial charge in [-0.1, -0.05) is 15.9 Å². The zero-order chi connectivity index (χ0) is 14.9. The summed E-state index contributed by atoms with van der Waals surface area (Å²) in [6.45, 7) is 0. The molecule has 1 aromatic carbocycles. The van der Waals surface area contributed by atoms with Crippen molar-refractivity contribution < 1.29 is 27.1 Å². The second-order valence-corrected chi connectivity index (χ2v) is 5.38. The second kappa shape index (κ2) is 5.69. The van der Waals surface area contributed by atoms with Gasteiger partial charge in [0.1, 0.15) is 5.82 Å². The molecule has 20 heavy (non-hydrogen) atoms. The monoisotopic (exact) mass is 355 g/mol. The van der Waals surface area contributed by atoms with Gasteiger partial charge < -0.3 is 5.32 Å². The van der Waals surface area contributed by atoms with Crippen molar-refractivity contribution in [3.05, 3.63) is 28.5 Å². The first-order valence-corrected chi connectivity index (χ1v) is 6.54. The molecule has 110 valence electrons. The molecule has 0 spiro atoms. The van der Waals surface area contributed by atoms with Crippen molar-refractivity contribution in [1.29, 1.82) is 0 Å². The highest BCUT2D eigenvalue weighted by molar-refractivity contribution is 9.10. The number of amides is 1. The number of rotatable bonds is 3. The van der Waals surface area contributed by atoms with Gasteiger partial charge in [-0.05, 0) is 31.0 Å². The minimum atomic E-state index is -4.69. The smallest absolute Gasteiger partial charge is 0.323 e. The van der Waals surface area contributed by atoms with Crippen LogP contribution in [0.15, 0.2) is 22.7 Å². The Morgan fingerprint density at radius 3 is 2.55 bits per heavy atom. The predicted octanol–water partition coefficient (Wildman–Crippen LogP) is 3.84. The standard InChI is InChI=1S/C12H10BrF4NO2/c13-7-1-2-10(9(14)5-7)18-11(19)6-3-8(4-6)20-12(15,16)17/h1-2,5-6,8H,3-4H2,(H,18,19). The van der Waals surface area contributed by atoms with Crippen LogP contribution in [0.25, 0.3) is 0 Å². The van der Waals surface area contributed by atoms with Gasteiger partial charge in [-0.15, -0.1) is 13.2 Å². The summed E-state index contributed by atoms with van der Waals surface area (Å²) < 4.78 is 53.5. The van der Waals surface area contributed by atoms with E-state index in [0.717, 1.165) is 0 Å². The molecule has 0 atom stereocenters. The van der Waals surface area contributed by atoms with Crippen LogP contribution in [0.1, 0.15) is 12.8 Å². The molecule has 1 saturated carbocycles.